The van der Waals surface area contributed by atoms with Gasteiger partial charge in [0.2, 0.25) is 0 Å². The van der Waals surface area contributed by atoms with Gasteiger partial charge in [-0.15, -0.1) is 6.58 Å². The smallest absolute Gasteiger partial charge is 0.127 e. The van der Waals surface area contributed by atoms with E-state index in [1.165, 1.54) is 7.11 Å². The lowest BCUT2D eigenvalue weighted by Crippen LogP contribution is -2.27. The predicted octanol–water partition coefficient (Wildman–Crippen LogP) is 1.40. The second-order valence-corrected chi connectivity index (χ2v) is 2.38. The highest BCUT2D eigenvalue weighted by atomic mass is 16.5. The van der Waals surface area contributed by atoms with Gasteiger partial charge in [-0.1, -0.05) is 6.08 Å². The molecular formula is C7H13O2. The van der Waals surface area contributed by atoms with Gasteiger partial charge < -0.3 is 4.74 Å². The van der Waals surface area contributed by atoms with Gasteiger partial charge >= 0.3 is 0 Å². The van der Waals surface area contributed by atoms with Crippen molar-refractivity contribution in [1.82, 2.24) is 0 Å². The number of hydrogen-bond acceptors (Lipinski definition) is 1. The van der Waals surface area contributed by atoms with Crippen molar-refractivity contribution >= 4 is 0 Å². The Kier molecular flexibility index (Phi) is 3.50. The fraction of sp³-hybridized carbons (Fsp3) is 0.714. The largest absolute Gasteiger partial charge is 0.382 e. The third-order valence-electron chi connectivity index (χ3n) is 1.03. The van der Waals surface area contributed by atoms with Crippen molar-refractivity contribution in [2.24, 2.45) is 0 Å². The second-order valence-electron chi connectivity index (χ2n) is 2.38. The van der Waals surface area contributed by atoms with Gasteiger partial charge in [0, 0.05) is 7.11 Å². The summed E-state index contributed by atoms with van der Waals surface area (Å²) in [5.74, 6) is 0. The standard InChI is InChI=1S/C7H13O2/c1-4-5-7(2,8)6-9-3/h4H,1,5-6H2,2-3H3. The van der Waals surface area contributed by atoms with E-state index in [4.69, 9.17) is 4.74 Å². The third kappa shape index (κ3) is 4.18. The first-order valence-electron chi connectivity index (χ1n) is 2.92. The van der Waals surface area contributed by atoms with E-state index in [9.17, 15) is 5.11 Å². The molecule has 1 radical (unpaired) electrons. The average Bonchev–Trinajstić information content (AvgIpc) is 1.64. The molecule has 0 aliphatic heterocycles. The zero-order valence-electron chi connectivity index (χ0n) is 6.02. The van der Waals surface area contributed by atoms with E-state index in [1.807, 2.05) is 0 Å². The Balaban J connectivity index is 3.55. The molecule has 0 aliphatic carbocycles. The molecule has 0 spiro atoms. The molecular weight excluding hydrogens is 116 g/mol. The summed E-state index contributed by atoms with van der Waals surface area (Å²) in [4.78, 5) is 0. The van der Waals surface area contributed by atoms with Crippen LogP contribution in [-0.2, 0) is 9.84 Å². The lowest BCUT2D eigenvalue weighted by Gasteiger charge is -2.16. The predicted molar refractivity (Wildman–Crippen MR) is 35.8 cm³/mol. The van der Waals surface area contributed by atoms with Crippen LogP contribution < -0.4 is 0 Å². The van der Waals surface area contributed by atoms with E-state index >= 15 is 0 Å². The maximum Gasteiger partial charge on any atom is 0.127 e. The molecule has 0 fully saturated rings. The SMILES string of the molecule is C=CCC(C)([O])COC. The minimum Gasteiger partial charge on any atom is -0.382 e. The Hall–Kier alpha value is -0.340. The minimum atomic E-state index is -0.990. The Morgan fingerprint density at radius 2 is 2.33 bits per heavy atom. The summed E-state index contributed by atoms with van der Waals surface area (Å²) in [6.45, 7) is 5.33. The lowest BCUT2D eigenvalue weighted by molar-refractivity contribution is -0.0649. The fourth-order valence-corrected chi connectivity index (χ4v) is 0.670. The molecule has 9 heavy (non-hydrogen) atoms. The van der Waals surface area contributed by atoms with Crippen LogP contribution in [0.15, 0.2) is 12.7 Å². The van der Waals surface area contributed by atoms with Crippen LogP contribution in [0.5, 0.6) is 0 Å². The molecule has 0 N–H and O–H groups in total. The zero-order valence-corrected chi connectivity index (χ0v) is 6.02. The molecule has 2 nitrogen and oxygen atoms in total. The van der Waals surface area contributed by atoms with Crippen molar-refractivity contribution in [1.29, 1.82) is 0 Å². The molecule has 0 aliphatic rings. The molecule has 0 rings (SSSR count). The number of hydrogen-bond donors (Lipinski definition) is 0. The topological polar surface area (TPSA) is 29.1 Å². The molecule has 2 heteroatoms. The van der Waals surface area contributed by atoms with Crippen LogP contribution in [0, 0.1) is 0 Å². The first kappa shape index (κ1) is 8.66. The molecule has 0 aromatic heterocycles. The van der Waals surface area contributed by atoms with E-state index in [0.717, 1.165) is 0 Å². The minimum absolute atomic E-state index is 0.249. The van der Waals surface area contributed by atoms with Crippen LogP contribution >= 0.6 is 0 Å². The molecule has 0 saturated carbocycles. The number of ether oxygens (including phenoxy) is 1. The van der Waals surface area contributed by atoms with E-state index in [0.29, 0.717) is 6.42 Å². The van der Waals surface area contributed by atoms with Crippen molar-refractivity contribution in [2.45, 2.75) is 18.9 Å². The second kappa shape index (κ2) is 3.64. The summed E-state index contributed by atoms with van der Waals surface area (Å²) < 4.78 is 4.70. The van der Waals surface area contributed by atoms with Gasteiger partial charge in [-0.2, -0.15) is 0 Å². The highest BCUT2D eigenvalue weighted by Crippen LogP contribution is 2.09. The highest BCUT2D eigenvalue weighted by molar-refractivity contribution is 4.81. The summed E-state index contributed by atoms with van der Waals surface area (Å²) in [6.07, 6.45) is 2.08. The Bertz CT molecular complexity index is 86.9. The first-order chi connectivity index (χ1) is 4.12. The van der Waals surface area contributed by atoms with E-state index < -0.39 is 5.60 Å². The maximum absolute atomic E-state index is 11.1. The zero-order chi connectivity index (χ0) is 7.33. The molecule has 0 saturated heterocycles. The highest BCUT2D eigenvalue weighted by Gasteiger charge is 2.19. The van der Waals surface area contributed by atoms with Crippen molar-refractivity contribution in [2.75, 3.05) is 13.7 Å². The van der Waals surface area contributed by atoms with Crippen LogP contribution in [-0.4, -0.2) is 19.3 Å². The molecule has 0 aromatic carbocycles. The first-order valence-corrected chi connectivity index (χ1v) is 2.92. The van der Waals surface area contributed by atoms with Crippen LogP contribution in [0.1, 0.15) is 13.3 Å². The molecule has 53 valence electrons. The van der Waals surface area contributed by atoms with Crippen LogP contribution in [0.2, 0.25) is 0 Å². The van der Waals surface area contributed by atoms with Crippen LogP contribution in [0.3, 0.4) is 0 Å². The molecule has 1 atom stereocenters. The fourth-order valence-electron chi connectivity index (χ4n) is 0.670. The third-order valence-corrected chi connectivity index (χ3v) is 1.03. The van der Waals surface area contributed by atoms with Gasteiger partial charge in [-0.3, -0.25) is 0 Å². The number of rotatable bonds is 4. The van der Waals surface area contributed by atoms with E-state index in [2.05, 4.69) is 6.58 Å². The van der Waals surface area contributed by atoms with E-state index in [-0.39, 0.29) is 6.61 Å². The summed E-state index contributed by atoms with van der Waals surface area (Å²) in [6, 6.07) is 0. The maximum atomic E-state index is 11.1. The van der Waals surface area contributed by atoms with Gasteiger partial charge in [0.05, 0.1) is 6.61 Å². The Morgan fingerprint density at radius 3 is 2.67 bits per heavy atom. The summed E-state index contributed by atoms with van der Waals surface area (Å²) in [5.41, 5.74) is -0.990. The quantitative estimate of drug-likeness (QED) is 0.527. The van der Waals surface area contributed by atoms with Gasteiger partial charge in [-0.05, 0) is 13.3 Å². The monoisotopic (exact) mass is 129 g/mol. The van der Waals surface area contributed by atoms with Gasteiger partial charge in [0.15, 0.2) is 0 Å². The van der Waals surface area contributed by atoms with Crippen LogP contribution in [0.25, 0.3) is 0 Å². The molecule has 0 heterocycles. The van der Waals surface area contributed by atoms with Gasteiger partial charge in [-0.25, -0.2) is 5.11 Å². The van der Waals surface area contributed by atoms with Crippen molar-refractivity contribution in [3.05, 3.63) is 12.7 Å². The van der Waals surface area contributed by atoms with Crippen LogP contribution in [0.4, 0.5) is 0 Å². The Labute approximate surface area is 56.1 Å². The van der Waals surface area contributed by atoms with Crippen molar-refractivity contribution < 1.29 is 9.84 Å². The van der Waals surface area contributed by atoms with Crippen molar-refractivity contribution in [3.8, 4) is 0 Å². The normalized spacial score (nSPS) is 16.8. The molecule has 1 unspecified atom stereocenters. The Morgan fingerprint density at radius 1 is 1.78 bits per heavy atom. The molecule has 0 bridgehead atoms. The van der Waals surface area contributed by atoms with E-state index in [1.54, 1.807) is 13.0 Å². The average molecular weight is 129 g/mol. The lowest BCUT2D eigenvalue weighted by atomic mass is 10.0. The van der Waals surface area contributed by atoms with Gasteiger partial charge in [0.25, 0.3) is 0 Å². The molecule has 0 aromatic rings. The van der Waals surface area contributed by atoms with Gasteiger partial charge in [0.1, 0.15) is 5.60 Å². The summed E-state index contributed by atoms with van der Waals surface area (Å²) >= 11 is 0. The summed E-state index contributed by atoms with van der Waals surface area (Å²) in [7, 11) is 1.53. The van der Waals surface area contributed by atoms with Crippen molar-refractivity contribution in [3.63, 3.8) is 0 Å². The number of methoxy groups -OCH3 is 1. The summed E-state index contributed by atoms with van der Waals surface area (Å²) in [5, 5.41) is 11.1. The molecule has 0 amide bonds.